The minimum absolute atomic E-state index is 0.384. The van der Waals surface area contributed by atoms with Crippen molar-refractivity contribution in [2.75, 3.05) is 0 Å². The van der Waals surface area contributed by atoms with Crippen molar-refractivity contribution in [2.24, 2.45) is 29.6 Å². The van der Waals surface area contributed by atoms with E-state index in [0.29, 0.717) is 5.92 Å². The summed E-state index contributed by atoms with van der Waals surface area (Å²) < 4.78 is 0. The highest BCUT2D eigenvalue weighted by molar-refractivity contribution is 5.53. The molecule has 2 saturated carbocycles. The third kappa shape index (κ3) is 7.28. The topological polar surface area (TPSA) is 17.1 Å². The fourth-order valence-electron chi connectivity index (χ4n) is 5.21. The van der Waals surface area contributed by atoms with Crippen LogP contribution in [0.5, 0.6) is 0 Å². The number of carbonyl (C=O) groups is 1. The van der Waals surface area contributed by atoms with Crippen LogP contribution in [0, 0.1) is 29.6 Å². The minimum atomic E-state index is 0.384. The van der Waals surface area contributed by atoms with E-state index in [1.807, 2.05) is 0 Å². The zero-order valence-corrected chi connectivity index (χ0v) is 16.5. The van der Waals surface area contributed by atoms with Gasteiger partial charge >= 0.3 is 0 Å². The van der Waals surface area contributed by atoms with E-state index in [4.69, 9.17) is 0 Å². The highest BCUT2D eigenvalue weighted by Gasteiger charge is 2.24. The van der Waals surface area contributed by atoms with Gasteiger partial charge in [0.1, 0.15) is 6.29 Å². The van der Waals surface area contributed by atoms with Crippen molar-refractivity contribution in [3.05, 3.63) is 0 Å². The summed E-state index contributed by atoms with van der Waals surface area (Å²) in [7, 11) is 0. The van der Waals surface area contributed by atoms with Gasteiger partial charge in [0.15, 0.2) is 0 Å². The molecule has 5 unspecified atom stereocenters. The lowest BCUT2D eigenvalue weighted by molar-refractivity contribution is -0.112. The summed E-state index contributed by atoms with van der Waals surface area (Å²) in [5.74, 6) is 4.20. The summed E-state index contributed by atoms with van der Waals surface area (Å²) in [6.45, 7) is 4.90. The standard InChI is InChI=1S/C23H42O/c1-19-14-15-22(16-20(19)2)11-8-6-4-3-5-7-10-21-12-9-13-23(17-21)18-24/h18-23H,3-17H2,1-2H3. The molecule has 0 aromatic rings. The van der Waals surface area contributed by atoms with Crippen molar-refractivity contribution in [3.63, 3.8) is 0 Å². The maximum atomic E-state index is 10.9. The molecule has 0 aliphatic heterocycles. The van der Waals surface area contributed by atoms with Gasteiger partial charge in [-0.15, -0.1) is 0 Å². The first-order valence-corrected chi connectivity index (χ1v) is 11.1. The average Bonchev–Trinajstić information content (AvgIpc) is 2.60. The molecule has 0 radical (unpaired) electrons. The van der Waals surface area contributed by atoms with Gasteiger partial charge in [-0.2, -0.15) is 0 Å². The fourth-order valence-corrected chi connectivity index (χ4v) is 5.21. The molecule has 0 bridgehead atoms. The molecule has 0 spiro atoms. The molecule has 5 atom stereocenters. The van der Waals surface area contributed by atoms with Crippen molar-refractivity contribution in [3.8, 4) is 0 Å². The SMILES string of the molecule is CC1CCC(CCCCCCCCC2CCCC(C=O)C2)CC1C. The fraction of sp³-hybridized carbons (Fsp3) is 0.957. The van der Waals surface area contributed by atoms with E-state index >= 15 is 0 Å². The van der Waals surface area contributed by atoms with Crippen molar-refractivity contribution < 1.29 is 4.79 Å². The van der Waals surface area contributed by atoms with Crippen LogP contribution >= 0.6 is 0 Å². The minimum Gasteiger partial charge on any atom is -0.303 e. The first-order valence-electron chi connectivity index (χ1n) is 11.1. The Balaban J connectivity index is 1.40. The third-order valence-corrected chi connectivity index (χ3v) is 7.20. The predicted molar refractivity (Wildman–Crippen MR) is 104 cm³/mol. The van der Waals surface area contributed by atoms with Crippen LogP contribution in [0.4, 0.5) is 0 Å². The van der Waals surface area contributed by atoms with Crippen molar-refractivity contribution in [1.82, 2.24) is 0 Å². The molecule has 0 heterocycles. The Morgan fingerprint density at radius 3 is 1.96 bits per heavy atom. The van der Waals surface area contributed by atoms with Crippen molar-refractivity contribution in [1.29, 1.82) is 0 Å². The smallest absolute Gasteiger partial charge is 0.123 e. The van der Waals surface area contributed by atoms with E-state index < -0.39 is 0 Å². The van der Waals surface area contributed by atoms with E-state index in [1.54, 1.807) is 0 Å². The molecule has 2 aliphatic carbocycles. The Morgan fingerprint density at radius 2 is 1.33 bits per heavy atom. The molecule has 0 aromatic carbocycles. The number of hydrogen-bond donors (Lipinski definition) is 0. The van der Waals surface area contributed by atoms with E-state index in [-0.39, 0.29) is 0 Å². The molecule has 0 saturated heterocycles. The Hall–Kier alpha value is -0.330. The van der Waals surface area contributed by atoms with E-state index in [1.165, 1.54) is 96.2 Å². The number of unbranched alkanes of at least 4 members (excludes halogenated alkanes) is 5. The monoisotopic (exact) mass is 334 g/mol. The summed E-state index contributed by atoms with van der Waals surface area (Å²) in [6, 6.07) is 0. The maximum Gasteiger partial charge on any atom is 0.123 e. The normalized spacial score (nSPS) is 34.2. The quantitative estimate of drug-likeness (QED) is 0.305. The van der Waals surface area contributed by atoms with Gasteiger partial charge in [-0.1, -0.05) is 90.9 Å². The van der Waals surface area contributed by atoms with Gasteiger partial charge in [0, 0.05) is 5.92 Å². The zero-order valence-electron chi connectivity index (χ0n) is 16.5. The van der Waals surface area contributed by atoms with Gasteiger partial charge < -0.3 is 4.79 Å². The van der Waals surface area contributed by atoms with Crippen LogP contribution in [0.1, 0.15) is 110 Å². The van der Waals surface area contributed by atoms with Gasteiger partial charge in [0.25, 0.3) is 0 Å². The molecule has 2 rings (SSSR count). The summed E-state index contributed by atoms with van der Waals surface area (Å²) >= 11 is 0. The van der Waals surface area contributed by atoms with Gasteiger partial charge in [-0.25, -0.2) is 0 Å². The van der Waals surface area contributed by atoms with Gasteiger partial charge in [0.05, 0.1) is 0 Å². The molecule has 0 aromatic heterocycles. The number of hydrogen-bond acceptors (Lipinski definition) is 1. The van der Waals surface area contributed by atoms with Crippen LogP contribution in [-0.4, -0.2) is 6.29 Å². The van der Waals surface area contributed by atoms with Crippen LogP contribution in [-0.2, 0) is 4.79 Å². The molecule has 1 nitrogen and oxygen atoms in total. The van der Waals surface area contributed by atoms with Crippen molar-refractivity contribution in [2.45, 2.75) is 110 Å². The second kappa shape index (κ2) is 11.3. The second-order valence-corrected chi connectivity index (χ2v) is 9.26. The molecule has 2 fully saturated rings. The summed E-state index contributed by atoms with van der Waals surface area (Å²) in [4.78, 5) is 10.9. The summed E-state index contributed by atoms with van der Waals surface area (Å²) in [5, 5.41) is 0. The Kier molecular flexibility index (Phi) is 9.43. The van der Waals surface area contributed by atoms with E-state index in [9.17, 15) is 4.79 Å². The largest absolute Gasteiger partial charge is 0.303 e. The lowest BCUT2D eigenvalue weighted by Crippen LogP contribution is -2.20. The molecule has 24 heavy (non-hydrogen) atoms. The molecule has 0 N–H and O–H groups in total. The number of aldehydes is 1. The molecular formula is C23H42O. The molecule has 0 amide bonds. The average molecular weight is 335 g/mol. The van der Waals surface area contributed by atoms with E-state index in [2.05, 4.69) is 13.8 Å². The van der Waals surface area contributed by atoms with Crippen LogP contribution in [0.2, 0.25) is 0 Å². The maximum absolute atomic E-state index is 10.9. The summed E-state index contributed by atoms with van der Waals surface area (Å²) in [5.41, 5.74) is 0. The first kappa shape index (κ1) is 20.0. The van der Waals surface area contributed by atoms with Gasteiger partial charge in [-0.3, -0.25) is 0 Å². The van der Waals surface area contributed by atoms with Crippen LogP contribution in [0.3, 0.4) is 0 Å². The Labute approximate surface area is 151 Å². The molecule has 2 aliphatic rings. The van der Waals surface area contributed by atoms with Gasteiger partial charge in [0.2, 0.25) is 0 Å². The predicted octanol–water partition coefficient (Wildman–Crippen LogP) is 7.18. The van der Waals surface area contributed by atoms with E-state index in [0.717, 1.165) is 30.1 Å². The molecule has 140 valence electrons. The van der Waals surface area contributed by atoms with Crippen LogP contribution in [0.25, 0.3) is 0 Å². The van der Waals surface area contributed by atoms with Gasteiger partial charge in [-0.05, 0) is 42.9 Å². The lowest BCUT2D eigenvalue weighted by atomic mass is 9.74. The Bertz CT molecular complexity index is 337. The number of carbonyl (C=O) groups excluding carboxylic acids is 1. The highest BCUT2D eigenvalue weighted by Crippen LogP contribution is 2.36. The van der Waals surface area contributed by atoms with Crippen molar-refractivity contribution >= 4 is 6.29 Å². The summed E-state index contributed by atoms with van der Waals surface area (Å²) in [6.07, 6.45) is 22.1. The number of rotatable bonds is 10. The lowest BCUT2D eigenvalue weighted by Gasteiger charge is -2.32. The zero-order chi connectivity index (χ0) is 17.2. The molecule has 1 heteroatoms. The first-order chi connectivity index (χ1) is 11.7. The van der Waals surface area contributed by atoms with Crippen LogP contribution in [0.15, 0.2) is 0 Å². The third-order valence-electron chi connectivity index (χ3n) is 7.20. The highest BCUT2D eigenvalue weighted by atomic mass is 16.1. The molecular weight excluding hydrogens is 292 g/mol. The second-order valence-electron chi connectivity index (χ2n) is 9.26. The Morgan fingerprint density at radius 1 is 0.708 bits per heavy atom. The van der Waals surface area contributed by atoms with Crippen LogP contribution < -0.4 is 0 Å².